The van der Waals surface area contributed by atoms with Crippen molar-refractivity contribution >= 4 is 5.97 Å². The fourth-order valence-electron chi connectivity index (χ4n) is 6.43. The number of carboxylic acid groups (broad SMARTS) is 1. The molecule has 2 aromatic carbocycles. The van der Waals surface area contributed by atoms with E-state index in [2.05, 4.69) is 51.8 Å². The lowest BCUT2D eigenvalue weighted by Gasteiger charge is -2.47. The normalized spacial score (nSPS) is 20.0. The summed E-state index contributed by atoms with van der Waals surface area (Å²) in [6.45, 7) is 2.15. The Labute approximate surface area is 220 Å². The third-order valence-electron chi connectivity index (χ3n) is 8.39. The van der Waals surface area contributed by atoms with Gasteiger partial charge in [0.1, 0.15) is 0 Å². The van der Waals surface area contributed by atoms with E-state index in [-0.39, 0.29) is 11.6 Å². The van der Waals surface area contributed by atoms with Crippen molar-refractivity contribution in [2.24, 2.45) is 0 Å². The fourth-order valence-corrected chi connectivity index (χ4v) is 6.43. The molecule has 0 saturated heterocycles. The van der Waals surface area contributed by atoms with Crippen molar-refractivity contribution in [1.29, 1.82) is 0 Å². The molecule has 38 heavy (non-hydrogen) atoms. The monoisotopic (exact) mass is 512 g/mol. The summed E-state index contributed by atoms with van der Waals surface area (Å²) in [5.74, 6) is -0.275. The number of tetrazole rings is 1. The maximum absolute atomic E-state index is 13.8. The number of hydrogen-bond acceptors (Lipinski definition) is 5. The summed E-state index contributed by atoms with van der Waals surface area (Å²) in [6.07, 6.45) is 6.96. The third-order valence-corrected chi connectivity index (χ3v) is 8.39. The van der Waals surface area contributed by atoms with E-state index < -0.39 is 11.5 Å². The number of unbranched alkanes of at least 4 members (excludes halogenated alkanes) is 2. The second-order valence-electron chi connectivity index (χ2n) is 10.6. The number of fused-ring (bicyclic) bond motifs is 2. The first-order valence-corrected chi connectivity index (χ1v) is 13.5. The Balaban J connectivity index is 1.38. The van der Waals surface area contributed by atoms with Crippen LogP contribution in [0.4, 0.5) is 0 Å². The van der Waals surface area contributed by atoms with Gasteiger partial charge in [-0.05, 0) is 60.4 Å². The van der Waals surface area contributed by atoms with Crippen LogP contribution >= 0.6 is 0 Å². The Hall–Kier alpha value is -4.01. The molecule has 4 heterocycles. The first-order chi connectivity index (χ1) is 18.5. The molecule has 0 radical (unpaired) electrons. The maximum atomic E-state index is 13.8. The largest absolute Gasteiger partial charge is 0.479 e. The second-order valence-corrected chi connectivity index (χ2v) is 10.6. The number of hydrogen-bond donors (Lipinski definition) is 2. The van der Waals surface area contributed by atoms with Crippen molar-refractivity contribution < 1.29 is 9.90 Å². The highest BCUT2D eigenvalue weighted by molar-refractivity contribution is 5.80. The molecule has 0 atom stereocenters. The Morgan fingerprint density at radius 2 is 1.82 bits per heavy atom. The summed E-state index contributed by atoms with van der Waals surface area (Å²) in [6, 6.07) is 16.2. The topological polar surface area (TPSA) is 119 Å². The number of nitrogens with zero attached hydrogens (tertiary/aromatic N) is 5. The molecule has 9 nitrogen and oxygen atoms in total. The predicted molar refractivity (Wildman–Crippen MR) is 143 cm³/mol. The Morgan fingerprint density at radius 3 is 2.47 bits per heavy atom. The van der Waals surface area contributed by atoms with Gasteiger partial charge in [0.15, 0.2) is 5.54 Å². The van der Waals surface area contributed by atoms with Gasteiger partial charge in [0.25, 0.3) is 5.56 Å². The molecule has 4 aromatic rings. The minimum absolute atomic E-state index is 0.0157. The molecule has 3 aliphatic rings. The van der Waals surface area contributed by atoms with Crippen molar-refractivity contribution in [2.75, 3.05) is 0 Å². The summed E-state index contributed by atoms with van der Waals surface area (Å²) in [5, 5.41) is 24.8. The molecule has 0 spiro atoms. The smallest absolute Gasteiger partial charge is 0.331 e. The summed E-state index contributed by atoms with van der Waals surface area (Å²) in [4.78, 5) is 26.4. The molecule has 1 fully saturated rings. The minimum Gasteiger partial charge on any atom is -0.479 e. The lowest BCUT2D eigenvalue weighted by molar-refractivity contribution is -0.155. The molecule has 2 bridgehead atoms. The number of nitrogens with one attached hydrogen (secondary N) is 1. The highest BCUT2D eigenvalue weighted by Gasteiger charge is 2.52. The Kier molecular flexibility index (Phi) is 6.21. The van der Waals surface area contributed by atoms with Crippen LogP contribution in [0.25, 0.3) is 22.5 Å². The number of rotatable bonds is 9. The van der Waals surface area contributed by atoms with Crippen molar-refractivity contribution in [2.45, 2.75) is 76.3 Å². The van der Waals surface area contributed by atoms with Crippen molar-refractivity contribution in [3.05, 3.63) is 75.7 Å². The lowest BCUT2D eigenvalue weighted by Crippen LogP contribution is -2.55. The van der Waals surface area contributed by atoms with Gasteiger partial charge >= 0.3 is 5.97 Å². The number of aromatic amines is 1. The Morgan fingerprint density at radius 1 is 1.08 bits per heavy atom. The van der Waals surface area contributed by atoms with Gasteiger partial charge in [-0.2, -0.15) is 5.21 Å². The molecule has 0 amide bonds. The van der Waals surface area contributed by atoms with Gasteiger partial charge in [-0.15, -0.1) is 10.2 Å². The number of aliphatic carboxylic acids is 1. The van der Waals surface area contributed by atoms with Crippen molar-refractivity contribution in [1.82, 2.24) is 30.0 Å². The first kappa shape index (κ1) is 24.3. The third kappa shape index (κ3) is 3.88. The Bertz CT molecular complexity index is 1510. The highest BCUT2D eigenvalue weighted by atomic mass is 16.4. The lowest BCUT2D eigenvalue weighted by atomic mass is 9.77. The van der Waals surface area contributed by atoms with Crippen molar-refractivity contribution in [3.8, 4) is 22.5 Å². The maximum Gasteiger partial charge on any atom is 0.331 e. The van der Waals surface area contributed by atoms with E-state index in [1.54, 1.807) is 4.68 Å². The molecular weight excluding hydrogens is 480 g/mol. The van der Waals surface area contributed by atoms with E-state index in [9.17, 15) is 14.7 Å². The highest BCUT2D eigenvalue weighted by Crippen LogP contribution is 2.46. The van der Waals surface area contributed by atoms with E-state index >= 15 is 0 Å². The van der Waals surface area contributed by atoms with Gasteiger partial charge in [0.2, 0.25) is 5.82 Å². The number of carboxylic acids is 1. The molecule has 2 aromatic heterocycles. The number of carbonyl (C=O) groups is 1. The molecule has 2 aliphatic heterocycles. The zero-order valence-corrected chi connectivity index (χ0v) is 21.6. The molecular formula is C29H32N6O3. The number of aromatic nitrogens is 6. The second kappa shape index (κ2) is 9.70. The SMILES string of the molecule is CCCCCc1c(Cc2ccc(-c3ccccc3-c3nn[nH]n3)cc2)c(=O)n2n1C1(C(=O)O)CCC2CC1. The van der Waals surface area contributed by atoms with Crippen LogP contribution in [0.2, 0.25) is 0 Å². The summed E-state index contributed by atoms with van der Waals surface area (Å²) >= 11 is 0. The van der Waals surface area contributed by atoms with Gasteiger partial charge < -0.3 is 5.11 Å². The fraction of sp³-hybridized carbons (Fsp3) is 0.414. The van der Waals surface area contributed by atoms with Crippen LogP contribution in [0, 0.1) is 0 Å². The van der Waals surface area contributed by atoms with Crippen molar-refractivity contribution in [3.63, 3.8) is 0 Å². The van der Waals surface area contributed by atoms with Gasteiger partial charge in [-0.1, -0.05) is 68.3 Å². The molecule has 7 rings (SSSR count). The first-order valence-electron chi connectivity index (χ1n) is 13.5. The van der Waals surface area contributed by atoms with Crippen LogP contribution in [-0.2, 0) is 23.2 Å². The zero-order chi connectivity index (χ0) is 26.3. The van der Waals surface area contributed by atoms with Crippen LogP contribution in [0.5, 0.6) is 0 Å². The van der Waals surface area contributed by atoms with E-state index in [1.165, 1.54) is 0 Å². The standard InChI is InChI=1S/C29H32N6O3/c1-2-3-4-9-25-24(27(36)34-21-14-16-29(17-15-21,28(37)38)35(25)34)18-19-10-12-20(13-11-19)22-7-5-6-8-23(22)26-30-32-33-31-26/h5-8,10-13,21H,2-4,9,14-18H2,1H3,(H,37,38)(H,30,31,32,33). The van der Waals surface area contributed by atoms with E-state index in [4.69, 9.17) is 0 Å². The van der Waals surface area contributed by atoms with E-state index in [0.717, 1.165) is 72.0 Å². The molecule has 2 N–H and O–H groups in total. The van der Waals surface area contributed by atoms with Crippen LogP contribution in [-0.4, -0.2) is 41.1 Å². The van der Waals surface area contributed by atoms with Gasteiger partial charge in [-0.25, -0.2) is 9.48 Å². The number of benzene rings is 2. The zero-order valence-electron chi connectivity index (χ0n) is 21.6. The number of H-pyrrole nitrogens is 1. The van der Waals surface area contributed by atoms with Gasteiger partial charge in [0.05, 0.1) is 6.04 Å². The quantitative estimate of drug-likeness (QED) is 0.313. The average molecular weight is 513 g/mol. The van der Waals surface area contributed by atoms with Crippen LogP contribution in [0.1, 0.15) is 74.7 Å². The predicted octanol–water partition coefficient (Wildman–Crippen LogP) is 4.73. The average Bonchev–Trinajstić information content (AvgIpc) is 3.59. The molecule has 0 unspecified atom stereocenters. The summed E-state index contributed by atoms with van der Waals surface area (Å²) < 4.78 is 3.71. The van der Waals surface area contributed by atoms with E-state index in [0.29, 0.717) is 25.1 Å². The molecule has 196 valence electrons. The van der Waals surface area contributed by atoms with Crippen LogP contribution in [0.3, 0.4) is 0 Å². The molecule has 1 aliphatic carbocycles. The summed E-state index contributed by atoms with van der Waals surface area (Å²) in [5.41, 5.74) is 4.59. The van der Waals surface area contributed by atoms with Gasteiger partial charge in [0, 0.05) is 23.2 Å². The van der Waals surface area contributed by atoms with Crippen LogP contribution < -0.4 is 5.56 Å². The molecule has 9 heteroatoms. The van der Waals surface area contributed by atoms with E-state index in [1.807, 2.05) is 28.9 Å². The van der Waals surface area contributed by atoms with Gasteiger partial charge in [-0.3, -0.25) is 9.48 Å². The summed E-state index contributed by atoms with van der Waals surface area (Å²) in [7, 11) is 0. The minimum atomic E-state index is -1.00. The molecule has 1 saturated carbocycles. The van der Waals surface area contributed by atoms with Crippen LogP contribution in [0.15, 0.2) is 53.3 Å².